The standard InChI is InChI=1S/C24H33N3O3/c1-29-23-12-11-22(30-23)24(28)27(16-19-7-5-13-25-15-19)18-20-8-6-14-26(17-20)21-9-3-2-4-10-21/h5,7,11-13,15,20-21H,2-4,6,8-10,14,16-18H2,1H3/t20-/m0/s1. The summed E-state index contributed by atoms with van der Waals surface area (Å²) in [6.45, 7) is 3.56. The van der Waals surface area contributed by atoms with Crippen LogP contribution in [0.5, 0.6) is 5.95 Å². The van der Waals surface area contributed by atoms with E-state index in [1.54, 1.807) is 25.4 Å². The van der Waals surface area contributed by atoms with E-state index in [4.69, 9.17) is 9.15 Å². The second kappa shape index (κ2) is 10.1. The van der Waals surface area contributed by atoms with Crippen LogP contribution >= 0.6 is 0 Å². The van der Waals surface area contributed by atoms with Gasteiger partial charge in [-0.2, -0.15) is 0 Å². The van der Waals surface area contributed by atoms with Crippen LogP contribution in [-0.4, -0.2) is 53.5 Å². The first-order valence-electron chi connectivity index (χ1n) is 11.3. The Bertz CT molecular complexity index is 801. The molecule has 4 rings (SSSR count). The van der Waals surface area contributed by atoms with Crippen molar-refractivity contribution in [3.8, 4) is 5.95 Å². The molecule has 0 bridgehead atoms. The number of likely N-dealkylation sites (tertiary alicyclic amines) is 1. The van der Waals surface area contributed by atoms with Crippen LogP contribution in [0.2, 0.25) is 0 Å². The molecule has 2 aromatic rings. The Hall–Kier alpha value is -2.34. The van der Waals surface area contributed by atoms with Gasteiger partial charge in [0.1, 0.15) is 0 Å². The maximum Gasteiger partial charge on any atom is 0.290 e. The van der Waals surface area contributed by atoms with E-state index in [1.807, 2.05) is 23.2 Å². The molecule has 0 spiro atoms. The molecule has 30 heavy (non-hydrogen) atoms. The second-order valence-electron chi connectivity index (χ2n) is 8.66. The summed E-state index contributed by atoms with van der Waals surface area (Å²) in [4.78, 5) is 22.1. The zero-order valence-corrected chi connectivity index (χ0v) is 18.0. The molecular weight excluding hydrogens is 378 g/mol. The lowest BCUT2D eigenvalue weighted by atomic mass is 9.90. The summed E-state index contributed by atoms with van der Waals surface area (Å²) in [6, 6.07) is 8.07. The van der Waals surface area contributed by atoms with Crippen molar-refractivity contribution in [3.05, 3.63) is 48.0 Å². The van der Waals surface area contributed by atoms with Crippen molar-refractivity contribution in [2.45, 2.75) is 57.5 Å². The van der Waals surface area contributed by atoms with Crippen molar-refractivity contribution in [3.63, 3.8) is 0 Å². The van der Waals surface area contributed by atoms with Crippen LogP contribution in [0.25, 0.3) is 0 Å². The van der Waals surface area contributed by atoms with Crippen LogP contribution in [0.4, 0.5) is 0 Å². The van der Waals surface area contributed by atoms with Gasteiger partial charge in [0.2, 0.25) is 0 Å². The number of amides is 1. The SMILES string of the molecule is COc1ccc(C(=O)N(Cc2cccnc2)C[C@H]2CCCN(C3CCCCC3)C2)o1. The van der Waals surface area contributed by atoms with Gasteiger partial charge in [-0.1, -0.05) is 25.3 Å². The molecule has 0 unspecified atom stereocenters. The summed E-state index contributed by atoms with van der Waals surface area (Å²) in [5.41, 5.74) is 1.03. The molecule has 1 atom stereocenters. The van der Waals surface area contributed by atoms with Gasteiger partial charge in [-0.15, -0.1) is 0 Å². The second-order valence-corrected chi connectivity index (χ2v) is 8.66. The lowest BCUT2D eigenvalue weighted by Crippen LogP contribution is -2.47. The number of piperidine rings is 1. The number of ether oxygens (including phenoxy) is 1. The van der Waals surface area contributed by atoms with Crippen molar-refractivity contribution < 1.29 is 13.9 Å². The van der Waals surface area contributed by atoms with Crippen LogP contribution in [0.3, 0.4) is 0 Å². The normalized spacial score (nSPS) is 20.8. The number of pyridine rings is 1. The predicted octanol–water partition coefficient (Wildman–Crippen LogP) is 4.37. The smallest absolute Gasteiger partial charge is 0.290 e. The van der Waals surface area contributed by atoms with E-state index in [2.05, 4.69) is 9.88 Å². The highest BCUT2D eigenvalue weighted by Gasteiger charge is 2.30. The predicted molar refractivity (Wildman–Crippen MR) is 115 cm³/mol. The fraction of sp³-hybridized carbons (Fsp3) is 0.583. The maximum atomic E-state index is 13.3. The summed E-state index contributed by atoms with van der Waals surface area (Å²) < 4.78 is 10.7. The lowest BCUT2D eigenvalue weighted by Gasteiger charge is -2.41. The van der Waals surface area contributed by atoms with Crippen molar-refractivity contribution in [1.29, 1.82) is 0 Å². The first-order chi connectivity index (χ1) is 14.7. The molecule has 6 nitrogen and oxygen atoms in total. The van der Waals surface area contributed by atoms with Gasteiger partial charge in [0.05, 0.1) is 7.11 Å². The lowest BCUT2D eigenvalue weighted by molar-refractivity contribution is 0.0555. The third-order valence-electron chi connectivity index (χ3n) is 6.50. The van der Waals surface area contributed by atoms with E-state index in [0.717, 1.165) is 24.7 Å². The van der Waals surface area contributed by atoms with E-state index >= 15 is 0 Å². The van der Waals surface area contributed by atoms with Gasteiger partial charge in [0.15, 0.2) is 5.76 Å². The number of aromatic nitrogens is 1. The zero-order valence-electron chi connectivity index (χ0n) is 18.0. The molecule has 2 fully saturated rings. The van der Waals surface area contributed by atoms with Crippen molar-refractivity contribution in [2.75, 3.05) is 26.7 Å². The van der Waals surface area contributed by atoms with Gasteiger partial charge in [0.25, 0.3) is 11.9 Å². The number of rotatable bonds is 7. The van der Waals surface area contributed by atoms with Crippen LogP contribution in [0.15, 0.2) is 41.1 Å². The summed E-state index contributed by atoms with van der Waals surface area (Å²) in [6.07, 6.45) is 12.7. The van der Waals surface area contributed by atoms with E-state index in [-0.39, 0.29) is 5.91 Å². The molecule has 2 aromatic heterocycles. The third-order valence-corrected chi connectivity index (χ3v) is 6.50. The van der Waals surface area contributed by atoms with Crippen LogP contribution < -0.4 is 4.74 Å². The monoisotopic (exact) mass is 411 g/mol. The van der Waals surface area contributed by atoms with Gasteiger partial charge in [0, 0.05) is 44.1 Å². The van der Waals surface area contributed by atoms with Gasteiger partial charge < -0.3 is 19.0 Å². The van der Waals surface area contributed by atoms with Crippen molar-refractivity contribution >= 4 is 5.91 Å². The zero-order chi connectivity index (χ0) is 20.8. The average molecular weight is 412 g/mol. The highest BCUT2D eigenvalue weighted by Crippen LogP contribution is 2.28. The fourth-order valence-electron chi connectivity index (χ4n) is 4.97. The Balaban J connectivity index is 1.46. The van der Waals surface area contributed by atoms with Crippen LogP contribution in [-0.2, 0) is 6.54 Å². The Morgan fingerprint density at radius 1 is 1.20 bits per heavy atom. The molecule has 1 saturated carbocycles. The van der Waals surface area contributed by atoms with E-state index in [9.17, 15) is 4.79 Å². The maximum absolute atomic E-state index is 13.3. The number of hydrogen-bond acceptors (Lipinski definition) is 5. The fourth-order valence-corrected chi connectivity index (χ4v) is 4.97. The minimum absolute atomic E-state index is 0.0862. The highest BCUT2D eigenvalue weighted by atomic mass is 16.6. The van der Waals surface area contributed by atoms with Crippen molar-refractivity contribution in [2.24, 2.45) is 5.92 Å². The van der Waals surface area contributed by atoms with Crippen molar-refractivity contribution in [1.82, 2.24) is 14.8 Å². The highest BCUT2D eigenvalue weighted by molar-refractivity contribution is 5.91. The quantitative estimate of drug-likeness (QED) is 0.677. The van der Waals surface area contributed by atoms with Crippen LogP contribution in [0.1, 0.15) is 61.1 Å². The first-order valence-corrected chi connectivity index (χ1v) is 11.3. The Morgan fingerprint density at radius 3 is 2.80 bits per heavy atom. The molecule has 1 amide bonds. The topological polar surface area (TPSA) is 58.8 Å². The molecule has 0 radical (unpaired) electrons. The molecule has 0 aromatic carbocycles. The number of carbonyl (C=O) groups is 1. The van der Waals surface area contributed by atoms with E-state index < -0.39 is 0 Å². The average Bonchev–Trinajstić information content (AvgIpc) is 3.29. The number of furan rings is 1. The number of nitrogens with zero attached hydrogens (tertiary/aromatic N) is 3. The van der Waals surface area contributed by atoms with Gasteiger partial charge in [-0.25, -0.2) is 0 Å². The summed E-state index contributed by atoms with van der Waals surface area (Å²) >= 11 is 0. The van der Waals surface area contributed by atoms with E-state index in [1.165, 1.54) is 51.5 Å². The van der Waals surface area contributed by atoms with Crippen LogP contribution in [0, 0.1) is 5.92 Å². The largest absolute Gasteiger partial charge is 0.468 e. The third kappa shape index (κ3) is 5.22. The molecular formula is C24H33N3O3. The number of methoxy groups -OCH3 is 1. The summed E-state index contributed by atoms with van der Waals surface area (Å²) in [5.74, 6) is 1.09. The van der Waals surface area contributed by atoms with Gasteiger partial charge >= 0.3 is 0 Å². The van der Waals surface area contributed by atoms with Gasteiger partial charge in [-0.05, 0) is 55.8 Å². The number of hydrogen-bond donors (Lipinski definition) is 0. The molecule has 6 heteroatoms. The molecule has 0 N–H and O–H groups in total. The molecule has 3 heterocycles. The molecule has 2 aliphatic rings. The Morgan fingerprint density at radius 2 is 2.07 bits per heavy atom. The molecule has 1 aliphatic carbocycles. The minimum atomic E-state index is -0.0862. The summed E-state index contributed by atoms with van der Waals surface area (Å²) in [5, 5.41) is 0. The Kier molecular flexibility index (Phi) is 7.05. The molecule has 1 aliphatic heterocycles. The molecule has 162 valence electrons. The Labute approximate surface area is 179 Å². The van der Waals surface area contributed by atoms with E-state index in [0.29, 0.717) is 24.2 Å². The molecule has 1 saturated heterocycles. The minimum Gasteiger partial charge on any atom is -0.468 e. The number of carbonyl (C=O) groups excluding carboxylic acids is 1. The summed E-state index contributed by atoms with van der Waals surface area (Å²) in [7, 11) is 1.54. The van der Waals surface area contributed by atoms with Gasteiger partial charge in [-0.3, -0.25) is 9.78 Å². The first kappa shape index (κ1) is 20.9.